The van der Waals surface area contributed by atoms with Crippen LogP contribution in [0.2, 0.25) is 0 Å². The molecule has 0 spiro atoms. The third-order valence-corrected chi connectivity index (χ3v) is 3.90. The molecule has 3 fully saturated rings. The van der Waals surface area contributed by atoms with E-state index in [1.54, 1.807) is 0 Å². The van der Waals surface area contributed by atoms with Crippen LogP contribution in [0.25, 0.3) is 0 Å². The van der Waals surface area contributed by atoms with Crippen molar-refractivity contribution in [3.63, 3.8) is 0 Å². The lowest BCUT2D eigenvalue weighted by Gasteiger charge is -2.08. The van der Waals surface area contributed by atoms with Crippen LogP contribution in [0.15, 0.2) is 0 Å². The van der Waals surface area contributed by atoms with E-state index in [4.69, 9.17) is 0 Å². The number of Topliss-reactive ketones (excluding diaryl/α,β-unsaturated/α-hetero) is 3. The van der Waals surface area contributed by atoms with Gasteiger partial charge in [-0.2, -0.15) is 0 Å². The zero-order valence-electron chi connectivity index (χ0n) is 7.16. The molecule has 13 heavy (non-hydrogen) atoms. The quantitative estimate of drug-likeness (QED) is 0.538. The molecule has 0 aromatic heterocycles. The minimum atomic E-state index is -0.0889. The average Bonchev–Trinajstić information content (AvgIpc) is 2.63. The lowest BCUT2D eigenvalue weighted by atomic mass is 9.92. The Hall–Kier alpha value is -0.990. The van der Waals surface area contributed by atoms with Crippen molar-refractivity contribution in [1.82, 2.24) is 0 Å². The number of carbonyl (C=O) groups is 3. The first kappa shape index (κ1) is 7.42. The molecule has 0 amide bonds. The molecular formula is C10H10O3. The second-order valence-electron chi connectivity index (χ2n) is 4.41. The number of ketones is 3. The molecule has 0 heterocycles. The number of carbonyl (C=O) groups excluding carboxylic acids is 3. The minimum absolute atomic E-state index is 0.0889. The van der Waals surface area contributed by atoms with Gasteiger partial charge in [0.2, 0.25) is 0 Å². The highest BCUT2D eigenvalue weighted by Crippen LogP contribution is 2.53. The molecule has 0 radical (unpaired) electrons. The van der Waals surface area contributed by atoms with E-state index in [9.17, 15) is 14.4 Å². The van der Waals surface area contributed by atoms with Crippen molar-refractivity contribution in [3.8, 4) is 0 Å². The summed E-state index contributed by atoms with van der Waals surface area (Å²) in [6.45, 7) is 0. The van der Waals surface area contributed by atoms with Crippen LogP contribution >= 0.6 is 0 Å². The van der Waals surface area contributed by atoms with E-state index < -0.39 is 0 Å². The molecule has 0 bridgehead atoms. The van der Waals surface area contributed by atoms with Crippen LogP contribution in [-0.2, 0) is 14.4 Å². The monoisotopic (exact) mass is 178 g/mol. The molecular weight excluding hydrogens is 168 g/mol. The third kappa shape index (κ3) is 0.729. The average molecular weight is 178 g/mol. The topological polar surface area (TPSA) is 51.2 Å². The summed E-state index contributed by atoms with van der Waals surface area (Å²) in [5.74, 6) is 0.293. The van der Waals surface area contributed by atoms with Crippen LogP contribution in [0.3, 0.4) is 0 Å². The maximum Gasteiger partial charge on any atom is 0.137 e. The van der Waals surface area contributed by atoms with Crippen molar-refractivity contribution < 1.29 is 14.4 Å². The van der Waals surface area contributed by atoms with Crippen LogP contribution < -0.4 is 0 Å². The molecule has 3 aliphatic carbocycles. The van der Waals surface area contributed by atoms with E-state index in [2.05, 4.69) is 0 Å². The first-order valence-corrected chi connectivity index (χ1v) is 4.76. The first-order valence-electron chi connectivity index (χ1n) is 4.76. The molecule has 3 aliphatic rings. The smallest absolute Gasteiger partial charge is 0.137 e. The van der Waals surface area contributed by atoms with Crippen LogP contribution in [0, 0.1) is 23.7 Å². The summed E-state index contributed by atoms with van der Waals surface area (Å²) in [4.78, 5) is 34.3. The van der Waals surface area contributed by atoms with Crippen molar-refractivity contribution in [2.75, 3.05) is 0 Å². The van der Waals surface area contributed by atoms with Crippen LogP contribution in [0.5, 0.6) is 0 Å². The zero-order valence-corrected chi connectivity index (χ0v) is 7.16. The highest BCUT2D eigenvalue weighted by molar-refractivity contribution is 6.04. The largest absolute Gasteiger partial charge is 0.299 e. The Morgan fingerprint density at radius 3 is 1.31 bits per heavy atom. The Bertz CT molecular complexity index is 279. The van der Waals surface area contributed by atoms with E-state index in [0.29, 0.717) is 19.3 Å². The second-order valence-corrected chi connectivity index (χ2v) is 4.41. The van der Waals surface area contributed by atoms with Gasteiger partial charge in [0.1, 0.15) is 17.3 Å². The molecule has 0 aromatic rings. The Morgan fingerprint density at radius 2 is 1.00 bits per heavy atom. The van der Waals surface area contributed by atoms with Gasteiger partial charge < -0.3 is 0 Å². The predicted molar refractivity (Wildman–Crippen MR) is 42.8 cm³/mol. The van der Waals surface area contributed by atoms with Crippen molar-refractivity contribution in [2.24, 2.45) is 23.7 Å². The molecule has 0 aliphatic heterocycles. The van der Waals surface area contributed by atoms with Crippen LogP contribution in [-0.4, -0.2) is 17.3 Å². The number of hydrogen-bond donors (Lipinski definition) is 0. The van der Waals surface area contributed by atoms with Gasteiger partial charge in [-0.1, -0.05) is 0 Å². The van der Waals surface area contributed by atoms with Gasteiger partial charge in [0, 0.05) is 37.0 Å². The molecule has 68 valence electrons. The van der Waals surface area contributed by atoms with E-state index >= 15 is 0 Å². The van der Waals surface area contributed by atoms with Gasteiger partial charge in [0.25, 0.3) is 0 Å². The van der Waals surface area contributed by atoms with Gasteiger partial charge in [-0.3, -0.25) is 14.4 Å². The fourth-order valence-corrected chi connectivity index (χ4v) is 3.34. The maximum atomic E-state index is 11.4. The van der Waals surface area contributed by atoms with Crippen molar-refractivity contribution in [2.45, 2.75) is 19.3 Å². The van der Waals surface area contributed by atoms with E-state index in [1.807, 2.05) is 0 Å². The SMILES string of the molecule is O=C1C[C@H]2C(=O)C[C@H]3C(=O)CC1C23. The van der Waals surface area contributed by atoms with Gasteiger partial charge in [-0.15, -0.1) is 0 Å². The van der Waals surface area contributed by atoms with Crippen LogP contribution in [0.4, 0.5) is 0 Å². The van der Waals surface area contributed by atoms with Gasteiger partial charge in [0.15, 0.2) is 0 Å². The van der Waals surface area contributed by atoms with Crippen molar-refractivity contribution >= 4 is 17.3 Å². The predicted octanol–water partition coefficient (Wildman–Crippen LogP) is 0.370. The summed E-state index contributed by atoms with van der Waals surface area (Å²) in [6, 6.07) is 0. The standard InChI is InChI=1S/C10H10O3/c11-7-1-4-8(12)3-6-9(13)2-5(7)10(4)6/h4-6,10H,1-3H2/t4-,5-,6?,10?/m0/s1. The van der Waals surface area contributed by atoms with E-state index in [0.717, 1.165) is 0 Å². The zero-order chi connectivity index (χ0) is 9.16. The third-order valence-electron chi connectivity index (χ3n) is 3.90. The summed E-state index contributed by atoms with van der Waals surface area (Å²) < 4.78 is 0. The lowest BCUT2D eigenvalue weighted by Crippen LogP contribution is -2.12. The molecule has 2 unspecified atom stereocenters. The Morgan fingerprint density at radius 1 is 0.692 bits per heavy atom. The first-order chi connectivity index (χ1) is 6.18. The van der Waals surface area contributed by atoms with E-state index in [1.165, 1.54) is 0 Å². The van der Waals surface area contributed by atoms with Gasteiger partial charge >= 0.3 is 0 Å². The maximum absolute atomic E-state index is 11.4. The Kier molecular flexibility index (Phi) is 1.19. The molecule has 0 saturated heterocycles. The second kappa shape index (κ2) is 2.08. The van der Waals surface area contributed by atoms with Gasteiger partial charge in [0.05, 0.1) is 0 Å². The molecule has 4 atom stereocenters. The van der Waals surface area contributed by atoms with Crippen LogP contribution in [0.1, 0.15) is 19.3 Å². The molecule has 0 N–H and O–H groups in total. The summed E-state index contributed by atoms with van der Waals surface area (Å²) >= 11 is 0. The van der Waals surface area contributed by atoms with Crippen molar-refractivity contribution in [3.05, 3.63) is 0 Å². The fourth-order valence-electron chi connectivity index (χ4n) is 3.34. The van der Waals surface area contributed by atoms with Gasteiger partial charge in [-0.25, -0.2) is 0 Å². The van der Waals surface area contributed by atoms with Crippen molar-refractivity contribution in [1.29, 1.82) is 0 Å². The highest BCUT2D eigenvalue weighted by Gasteiger charge is 2.60. The molecule has 3 nitrogen and oxygen atoms in total. The molecule has 3 heteroatoms. The number of hydrogen-bond acceptors (Lipinski definition) is 3. The van der Waals surface area contributed by atoms with E-state index in [-0.39, 0.29) is 41.0 Å². The molecule has 3 rings (SSSR count). The lowest BCUT2D eigenvalue weighted by molar-refractivity contribution is -0.124. The summed E-state index contributed by atoms with van der Waals surface area (Å²) in [5, 5.41) is 0. The Labute approximate surface area is 75.5 Å². The normalized spacial score (nSPS) is 47.5. The summed E-state index contributed by atoms with van der Waals surface area (Å²) in [5.41, 5.74) is 0. The Balaban J connectivity index is 2.07. The molecule has 0 aromatic carbocycles. The molecule has 3 saturated carbocycles. The highest BCUT2D eigenvalue weighted by atomic mass is 16.1. The van der Waals surface area contributed by atoms with Gasteiger partial charge in [-0.05, 0) is 5.92 Å². The minimum Gasteiger partial charge on any atom is -0.299 e. The summed E-state index contributed by atoms with van der Waals surface area (Å²) in [6.07, 6.45) is 1.24. The number of rotatable bonds is 0. The fraction of sp³-hybridized carbons (Fsp3) is 0.700. The summed E-state index contributed by atoms with van der Waals surface area (Å²) in [7, 11) is 0.